The van der Waals surface area contributed by atoms with Crippen molar-refractivity contribution in [3.63, 3.8) is 0 Å². The van der Waals surface area contributed by atoms with Gasteiger partial charge in [-0.2, -0.15) is 0 Å². The standard InChI is InChI=1S/C12H21N2O.HI/c1-11-9-12(15)13(10-11)7-5-6-8-14(2,3)4;/h11H,7-10H2,1-4H3;1H/q+1;/p-1/t11-;/m1./s1. The molecule has 1 saturated heterocycles. The van der Waals surface area contributed by atoms with Crippen molar-refractivity contribution in [2.75, 3.05) is 40.8 Å². The Hall–Kier alpha value is -0.280. The monoisotopic (exact) mass is 336 g/mol. The van der Waals surface area contributed by atoms with Crippen LogP contribution in [0.3, 0.4) is 0 Å². The van der Waals surface area contributed by atoms with Gasteiger partial charge in [-0.3, -0.25) is 4.79 Å². The second-order valence-corrected chi connectivity index (χ2v) is 5.39. The molecular weight excluding hydrogens is 315 g/mol. The third-order valence-corrected chi connectivity index (χ3v) is 2.36. The van der Waals surface area contributed by atoms with Gasteiger partial charge < -0.3 is 33.4 Å². The first-order valence-corrected chi connectivity index (χ1v) is 5.42. The van der Waals surface area contributed by atoms with E-state index in [4.69, 9.17) is 0 Å². The van der Waals surface area contributed by atoms with Crippen molar-refractivity contribution in [3.8, 4) is 11.8 Å². The minimum absolute atomic E-state index is 0. The lowest BCUT2D eigenvalue weighted by Crippen LogP contribution is -3.00. The van der Waals surface area contributed by atoms with E-state index in [1.54, 1.807) is 0 Å². The Labute approximate surface area is 116 Å². The number of quaternary nitrogens is 1. The summed E-state index contributed by atoms with van der Waals surface area (Å²) in [6, 6.07) is 0. The summed E-state index contributed by atoms with van der Waals surface area (Å²) in [5.74, 6) is 6.94. The molecule has 4 heteroatoms. The fourth-order valence-corrected chi connectivity index (χ4v) is 1.57. The summed E-state index contributed by atoms with van der Waals surface area (Å²) in [7, 11) is 6.33. The van der Waals surface area contributed by atoms with Crippen molar-refractivity contribution in [3.05, 3.63) is 0 Å². The maximum absolute atomic E-state index is 11.4. The fourth-order valence-electron chi connectivity index (χ4n) is 1.57. The van der Waals surface area contributed by atoms with E-state index in [1.807, 2.05) is 4.90 Å². The predicted molar refractivity (Wildman–Crippen MR) is 61.0 cm³/mol. The molecule has 0 spiro atoms. The summed E-state index contributed by atoms with van der Waals surface area (Å²) in [5, 5.41) is 0. The Balaban J connectivity index is 0.00000225. The number of halogens is 1. The van der Waals surface area contributed by atoms with Crippen molar-refractivity contribution >= 4 is 5.91 Å². The molecule has 1 rings (SSSR count). The lowest BCUT2D eigenvalue weighted by molar-refractivity contribution is -0.862. The largest absolute Gasteiger partial charge is 1.00 e. The fraction of sp³-hybridized carbons (Fsp3) is 0.750. The molecule has 0 aromatic carbocycles. The summed E-state index contributed by atoms with van der Waals surface area (Å²) >= 11 is 0. The van der Waals surface area contributed by atoms with Crippen LogP contribution in [0.1, 0.15) is 13.3 Å². The first-order chi connectivity index (χ1) is 6.88. The first-order valence-electron chi connectivity index (χ1n) is 5.42. The van der Waals surface area contributed by atoms with Crippen LogP contribution < -0.4 is 24.0 Å². The lowest BCUT2D eigenvalue weighted by atomic mass is 10.2. The van der Waals surface area contributed by atoms with Crippen LogP contribution in [0, 0.1) is 17.8 Å². The van der Waals surface area contributed by atoms with Gasteiger partial charge in [-0.05, 0) is 11.8 Å². The van der Waals surface area contributed by atoms with Gasteiger partial charge in [-0.15, -0.1) is 0 Å². The minimum atomic E-state index is 0. The van der Waals surface area contributed by atoms with Crippen LogP contribution in [-0.2, 0) is 4.79 Å². The summed E-state index contributed by atoms with van der Waals surface area (Å²) in [6.45, 7) is 4.41. The van der Waals surface area contributed by atoms with Crippen LogP contribution in [0.4, 0.5) is 0 Å². The highest BCUT2D eigenvalue weighted by atomic mass is 127. The molecule has 3 nitrogen and oxygen atoms in total. The second-order valence-electron chi connectivity index (χ2n) is 5.39. The molecule has 1 amide bonds. The molecule has 0 aliphatic carbocycles. The molecule has 1 fully saturated rings. The average molecular weight is 336 g/mol. The van der Waals surface area contributed by atoms with Crippen molar-refractivity contribution in [2.24, 2.45) is 5.92 Å². The van der Waals surface area contributed by atoms with Crippen molar-refractivity contribution in [1.29, 1.82) is 0 Å². The van der Waals surface area contributed by atoms with E-state index in [0.717, 1.165) is 17.6 Å². The first kappa shape index (κ1) is 15.7. The molecule has 1 atom stereocenters. The summed E-state index contributed by atoms with van der Waals surface area (Å²) < 4.78 is 0.845. The van der Waals surface area contributed by atoms with Crippen LogP contribution in [0.15, 0.2) is 0 Å². The number of likely N-dealkylation sites (tertiary alicyclic amines) is 1. The van der Waals surface area contributed by atoms with E-state index in [9.17, 15) is 4.79 Å². The highest BCUT2D eigenvalue weighted by Gasteiger charge is 2.25. The van der Waals surface area contributed by atoms with Gasteiger partial charge in [0.15, 0.2) is 0 Å². The zero-order valence-corrected chi connectivity index (χ0v) is 12.7. The number of carbonyl (C=O) groups is 1. The lowest BCUT2D eigenvalue weighted by Gasteiger charge is -2.20. The van der Waals surface area contributed by atoms with Crippen molar-refractivity contribution < 1.29 is 33.3 Å². The Kier molecular flexibility index (Phi) is 6.34. The molecule has 1 aliphatic rings. The quantitative estimate of drug-likeness (QED) is 0.312. The van der Waals surface area contributed by atoms with E-state index < -0.39 is 0 Å². The normalized spacial score (nSPS) is 20.1. The number of carbonyl (C=O) groups excluding carboxylic acids is 1. The summed E-state index contributed by atoms with van der Waals surface area (Å²) in [5.41, 5.74) is 0. The van der Waals surface area contributed by atoms with E-state index >= 15 is 0 Å². The Morgan fingerprint density at radius 3 is 2.44 bits per heavy atom. The molecule has 0 unspecified atom stereocenters. The minimum Gasteiger partial charge on any atom is -1.00 e. The van der Waals surface area contributed by atoms with E-state index in [0.29, 0.717) is 18.9 Å². The number of nitrogens with zero attached hydrogens (tertiary/aromatic N) is 2. The Morgan fingerprint density at radius 2 is 2.00 bits per heavy atom. The molecule has 0 aromatic rings. The molecular formula is C12H21IN2O. The van der Waals surface area contributed by atoms with Crippen LogP contribution in [0.2, 0.25) is 0 Å². The van der Waals surface area contributed by atoms with E-state index in [1.165, 1.54) is 0 Å². The topological polar surface area (TPSA) is 20.3 Å². The summed E-state index contributed by atoms with van der Waals surface area (Å²) in [6.07, 6.45) is 0.691. The predicted octanol–water partition coefficient (Wildman–Crippen LogP) is -2.43. The van der Waals surface area contributed by atoms with Crippen molar-refractivity contribution in [1.82, 2.24) is 4.90 Å². The number of amides is 1. The van der Waals surface area contributed by atoms with Gasteiger partial charge in [-0.25, -0.2) is 0 Å². The summed E-state index contributed by atoms with van der Waals surface area (Å²) in [4.78, 5) is 13.3. The van der Waals surface area contributed by atoms with Gasteiger partial charge in [0.1, 0.15) is 6.54 Å². The van der Waals surface area contributed by atoms with Gasteiger partial charge in [0, 0.05) is 13.0 Å². The van der Waals surface area contributed by atoms with Gasteiger partial charge in [-0.1, -0.05) is 12.8 Å². The second kappa shape index (κ2) is 6.45. The highest BCUT2D eigenvalue weighted by Crippen LogP contribution is 2.15. The number of rotatable bonds is 2. The van der Waals surface area contributed by atoms with Crippen LogP contribution in [0.5, 0.6) is 0 Å². The molecule has 1 aliphatic heterocycles. The van der Waals surface area contributed by atoms with Gasteiger partial charge in [0.05, 0.1) is 27.7 Å². The average Bonchev–Trinajstić information content (AvgIpc) is 2.37. The van der Waals surface area contributed by atoms with Crippen molar-refractivity contribution in [2.45, 2.75) is 13.3 Å². The maximum Gasteiger partial charge on any atom is 0.223 e. The molecule has 0 aromatic heterocycles. The zero-order chi connectivity index (χ0) is 11.5. The third-order valence-electron chi connectivity index (χ3n) is 2.36. The van der Waals surface area contributed by atoms with E-state index in [2.05, 4.69) is 39.9 Å². The maximum atomic E-state index is 11.4. The molecule has 92 valence electrons. The smallest absolute Gasteiger partial charge is 0.223 e. The molecule has 1 heterocycles. The van der Waals surface area contributed by atoms with Gasteiger partial charge in [0.25, 0.3) is 0 Å². The third kappa shape index (κ3) is 5.71. The number of hydrogen-bond acceptors (Lipinski definition) is 1. The van der Waals surface area contributed by atoms with Crippen LogP contribution in [-0.4, -0.2) is 56.1 Å². The van der Waals surface area contributed by atoms with Crippen LogP contribution >= 0.6 is 0 Å². The molecule has 0 N–H and O–H groups in total. The van der Waals surface area contributed by atoms with Gasteiger partial charge >= 0.3 is 0 Å². The molecule has 16 heavy (non-hydrogen) atoms. The van der Waals surface area contributed by atoms with Crippen LogP contribution in [0.25, 0.3) is 0 Å². The Morgan fingerprint density at radius 1 is 1.38 bits per heavy atom. The molecule has 0 radical (unpaired) electrons. The van der Waals surface area contributed by atoms with E-state index in [-0.39, 0.29) is 29.9 Å². The molecule has 0 saturated carbocycles. The van der Waals surface area contributed by atoms with Gasteiger partial charge in [0.2, 0.25) is 5.91 Å². The highest BCUT2D eigenvalue weighted by molar-refractivity contribution is 5.78. The number of hydrogen-bond donors (Lipinski definition) is 0. The SMILES string of the molecule is C[C@@H]1CC(=O)N(CC#CC[N+](C)(C)C)C1.[I-]. The zero-order valence-electron chi connectivity index (χ0n) is 10.6. The molecule has 0 bridgehead atoms. The Bertz CT molecular complexity index is 298.